The van der Waals surface area contributed by atoms with Gasteiger partial charge in [0.1, 0.15) is 13.1 Å². The van der Waals surface area contributed by atoms with Gasteiger partial charge in [-0.1, -0.05) is 163 Å². The second-order valence-corrected chi connectivity index (χ2v) is 13.8. The first kappa shape index (κ1) is 39.1. The van der Waals surface area contributed by atoms with Gasteiger partial charge in [-0.2, -0.15) is 0 Å². The van der Waals surface area contributed by atoms with Crippen molar-refractivity contribution in [2.75, 3.05) is 13.1 Å². The molecule has 0 N–H and O–H groups in total. The Morgan fingerprint density at radius 1 is 0.378 bits per heavy atom. The standard InChI is InChI=1S/C44H72N/c1-3-5-7-9-11-13-15-17-19-21-23-25-33-39-45(41-43-35-29-27-30-36-43,42-44-37-31-28-32-38-44)40-34-26-24-22-20-18-16-14-12-10-8-6-4-2/h11-14,27-32,35-38H,3-10,15-26,33-34,39-42H2,1-2H3/q+1/b13-11+,14-12+. The van der Waals surface area contributed by atoms with Crippen molar-refractivity contribution in [2.45, 2.75) is 168 Å². The van der Waals surface area contributed by atoms with E-state index < -0.39 is 0 Å². The highest BCUT2D eigenvalue weighted by Gasteiger charge is 2.27. The van der Waals surface area contributed by atoms with Gasteiger partial charge in [0.25, 0.3) is 0 Å². The molecule has 2 rings (SSSR count). The van der Waals surface area contributed by atoms with Crippen LogP contribution < -0.4 is 0 Å². The van der Waals surface area contributed by atoms with E-state index >= 15 is 0 Å². The van der Waals surface area contributed by atoms with Crippen LogP contribution >= 0.6 is 0 Å². The molecule has 45 heavy (non-hydrogen) atoms. The zero-order chi connectivity index (χ0) is 31.9. The number of rotatable bonds is 30. The van der Waals surface area contributed by atoms with Gasteiger partial charge in [-0.15, -0.1) is 0 Å². The van der Waals surface area contributed by atoms with E-state index in [-0.39, 0.29) is 0 Å². The first-order valence-electron chi connectivity index (χ1n) is 19.5. The minimum Gasteiger partial charge on any atom is -0.316 e. The summed E-state index contributed by atoms with van der Waals surface area (Å²) in [6, 6.07) is 22.7. The molecule has 0 heterocycles. The molecule has 2 aromatic rings. The summed E-state index contributed by atoms with van der Waals surface area (Å²) in [5.41, 5.74) is 3.00. The van der Waals surface area contributed by atoms with Gasteiger partial charge < -0.3 is 4.48 Å². The molecular formula is C44H72N+. The highest BCUT2D eigenvalue weighted by Crippen LogP contribution is 2.24. The molecule has 0 saturated carbocycles. The monoisotopic (exact) mass is 615 g/mol. The van der Waals surface area contributed by atoms with Gasteiger partial charge in [0.2, 0.25) is 0 Å². The molecule has 0 aliphatic carbocycles. The maximum absolute atomic E-state index is 2.43. The van der Waals surface area contributed by atoms with E-state index in [9.17, 15) is 0 Å². The number of quaternary nitrogens is 1. The number of allylic oxidation sites excluding steroid dienone is 4. The van der Waals surface area contributed by atoms with Crippen LogP contribution in [0.4, 0.5) is 0 Å². The third-order valence-electron chi connectivity index (χ3n) is 9.51. The van der Waals surface area contributed by atoms with Crippen molar-refractivity contribution in [1.82, 2.24) is 0 Å². The number of hydrogen-bond donors (Lipinski definition) is 0. The first-order valence-corrected chi connectivity index (χ1v) is 19.5. The Morgan fingerprint density at radius 3 is 1.04 bits per heavy atom. The lowest BCUT2D eigenvalue weighted by atomic mass is 10.0. The SMILES string of the molecule is CCCCC/C=C/CCCCCCCC[N+](CCCCCCCC/C=C/CCCCC)(Cc1ccccc1)Cc1ccccc1. The quantitative estimate of drug-likeness (QED) is 0.0466. The number of unbranched alkanes of at least 4 members (excludes halogenated alkanes) is 18. The van der Waals surface area contributed by atoms with E-state index in [1.54, 1.807) is 0 Å². The van der Waals surface area contributed by atoms with Crippen molar-refractivity contribution in [3.63, 3.8) is 0 Å². The molecule has 252 valence electrons. The second kappa shape index (κ2) is 28.1. The van der Waals surface area contributed by atoms with E-state index in [1.807, 2.05) is 0 Å². The molecule has 0 atom stereocenters. The molecule has 0 amide bonds. The molecule has 2 aromatic carbocycles. The predicted molar refractivity (Wildman–Crippen MR) is 201 cm³/mol. The zero-order valence-electron chi connectivity index (χ0n) is 29.9. The molecule has 0 saturated heterocycles. The highest BCUT2D eigenvalue weighted by molar-refractivity contribution is 5.15. The average molecular weight is 615 g/mol. The zero-order valence-corrected chi connectivity index (χ0v) is 29.9. The summed E-state index contributed by atoms with van der Waals surface area (Å²) in [4.78, 5) is 0. The van der Waals surface area contributed by atoms with E-state index in [0.29, 0.717) is 0 Å². The Bertz CT molecular complexity index is 864. The molecule has 1 nitrogen and oxygen atoms in total. The summed E-state index contributed by atoms with van der Waals surface area (Å²) in [5, 5.41) is 0. The molecule has 1 heteroatoms. The highest BCUT2D eigenvalue weighted by atomic mass is 15.3. The smallest absolute Gasteiger partial charge is 0.105 e. The molecule has 0 aliphatic rings. The summed E-state index contributed by atoms with van der Waals surface area (Å²) >= 11 is 0. The maximum atomic E-state index is 2.43. The lowest BCUT2D eigenvalue weighted by molar-refractivity contribution is -0.954. The van der Waals surface area contributed by atoms with Crippen molar-refractivity contribution in [1.29, 1.82) is 0 Å². The van der Waals surface area contributed by atoms with Crippen LogP contribution in [0.5, 0.6) is 0 Å². The van der Waals surface area contributed by atoms with Crippen molar-refractivity contribution in [3.05, 3.63) is 96.1 Å². The summed E-state index contributed by atoms with van der Waals surface area (Å²) < 4.78 is 1.21. The molecule has 0 spiro atoms. The normalized spacial score (nSPS) is 12.1. The summed E-state index contributed by atoms with van der Waals surface area (Å²) in [5.74, 6) is 0. The van der Waals surface area contributed by atoms with Crippen molar-refractivity contribution < 1.29 is 4.48 Å². The lowest BCUT2D eigenvalue weighted by Crippen LogP contribution is -2.48. The fourth-order valence-electron chi connectivity index (χ4n) is 6.75. The number of benzene rings is 2. The van der Waals surface area contributed by atoms with E-state index in [0.717, 1.165) is 13.1 Å². The third kappa shape index (κ3) is 21.3. The van der Waals surface area contributed by atoms with Crippen LogP contribution in [-0.2, 0) is 13.1 Å². The van der Waals surface area contributed by atoms with Crippen molar-refractivity contribution in [3.8, 4) is 0 Å². The summed E-state index contributed by atoms with van der Waals surface area (Å²) in [6.45, 7) is 9.49. The Kier molecular flexibility index (Phi) is 24.4. The van der Waals surface area contributed by atoms with E-state index in [1.165, 1.54) is 170 Å². The van der Waals surface area contributed by atoms with Crippen LogP contribution in [0.1, 0.15) is 166 Å². The van der Waals surface area contributed by atoms with Crippen LogP contribution in [0.2, 0.25) is 0 Å². The summed E-state index contributed by atoms with van der Waals surface area (Å²) in [6.07, 6.45) is 39.5. The Hall–Kier alpha value is -2.12. The largest absolute Gasteiger partial charge is 0.316 e. The molecule has 0 fully saturated rings. The average Bonchev–Trinajstić information content (AvgIpc) is 3.06. The minimum atomic E-state index is 1.16. The van der Waals surface area contributed by atoms with Gasteiger partial charge in [0.05, 0.1) is 13.1 Å². The molecule has 0 unspecified atom stereocenters. The van der Waals surface area contributed by atoms with Gasteiger partial charge >= 0.3 is 0 Å². The Labute approximate surface area is 281 Å². The van der Waals surface area contributed by atoms with Crippen LogP contribution in [0.3, 0.4) is 0 Å². The van der Waals surface area contributed by atoms with Gasteiger partial charge in [0.15, 0.2) is 0 Å². The van der Waals surface area contributed by atoms with Crippen LogP contribution in [0.25, 0.3) is 0 Å². The Balaban J connectivity index is 1.80. The Morgan fingerprint density at radius 2 is 0.689 bits per heavy atom. The van der Waals surface area contributed by atoms with E-state index in [4.69, 9.17) is 0 Å². The van der Waals surface area contributed by atoms with Gasteiger partial charge in [-0.25, -0.2) is 0 Å². The minimum absolute atomic E-state index is 1.16. The second-order valence-electron chi connectivity index (χ2n) is 13.8. The topological polar surface area (TPSA) is 0 Å². The van der Waals surface area contributed by atoms with Gasteiger partial charge in [0, 0.05) is 11.1 Å². The predicted octanol–water partition coefficient (Wildman–Crippen LogP) is 13.9. The number of nitrogens with zero attached hydrogens (tertiary/aromatic N) is 1. The van der Waals surface area contributed by atoms with Crippen LogP contribution in [0, 0.1) is 0 Å². The van der Waals surface area contributed by atoms with Gasteiger partial charge in [-0.3, -0.25) is 0 Å². The fraction of sp³-hybridized carbons (Fsp3) is 0.636. The van der Waals surface area contributed by atoms with Crippen LogP contribution in [-0.4, -0.2) is 17.6 Å². The van der Waals surface area contributed by atoms with E-state index in [2.05, 4.69) is 98.8 Å². The fourth-order valence-corrected chi connectivity index (χ4v) is 6.75. The summed E-state index contributed by atoms with van der Waals surface area (Å²) in [7, 11) is 0. The molecule has 0 aromatic heterocycles. The molecule has 0 radical (unpaired) electrons. The van der Waals surface area contributed by atoms with Gasteiger partial charge in [-0.05, 0) is 77.0 Å². The van der Waals surface area contributed by atoms with Crippen molar-refractivity contribution in [2.24, 2.45) is 0 Å². The number of hydrogen-bond acceptors (Lipinski definition) is 0. The molecule has 0 bridgehead atoms. The molecular weight excluding hydrogens is 542 g/mol. The molecule has 0 aliphatic heterocycles. The lowest BCUT2D eigenvalue weighted by Gasteiger charge is -2.39. The first-order chi connectivity index (χ1) is 22.3. The van der Waals surface area contributed by atoms with Crippen molar-refractivity contribution >= 4 is 0 Å². The maximum Gasteiger partial charge on any atom is 0.105 e. The van der Waals surface area contributed by atoms with Crippen LogP contribution in [0.15, 0.2) is 85.0 Å². The third-order valence-corrected chi connectivity index (χ3v) is 9.51.